The lowest BCUT2D eigenvalue weighted by Gasteiger charge is -2.15. The molecule has 156 valence electrons. The van der Waals surface area contributed by atoms with Crippen molar-refractivity contribution in [3.63, 3.8) is 0 Å². The maximum atomic E-state index is 13.4. The number of anilines is 2. The van der Waals surface area contributed by atoms with Crippen molar-refractivity contribution in [1.29, 1.82) is 5.26 Å². The average molecular weight is 415 g/mol. The SMILES string of the molecule is N#Cc1cc(CN2CCC(F)C2)cnc1-c1ccc(C(=O)Nc2ccccc2N)cc1. The van der Waals surface area contributed by atoms with Gasteiger partial charge in [-0.05, 0) is 42.3 Å². The Kier molecular flexibility index (Phi) is 5.92. The Balaban J connectivity index is 1.50. The second kappa shape index (κ2) is 8.94. The van der Waals surface area contributed by atoms with Crippen LogP contribution in [-0.2, 0) is 6.54 Å². The van der Waals surface area contributed by atoms with E-state index in [9.17, 15) is 14.4 Å². The number of nitrogens with one attached hydrogen (secondary N) is 1. The van der Waals surface area contributed by atoms with E-state index < -0.39 is 6.17 Å². The molecule has 0 saturated carbocycles. The van der Waals surface area contributed by atoms with Crippen molar-refractivity contribution in [2.45, 2.75) is 19.1 Å². The summed E-state index contributed by atoms with van der Waals surface area (Å²) in [5.74, 6) is -0.273. The Morgan fingerprint density at radius 2 is 2.03 bits per heavy atom. The van der Waals surface area contributed by atoms with Crippen molar-refractivity contribution in [3.05, 3.63) is 77.5 Å². The third-order valence-electron chi connectivity index (χ3n) is 5.32. The van der Waals surface area contributed by atoms with Gasteiger partial charge in [0.15, 0.2) is 0 Å². The lowest BCUT2D eigenvalue weighted by Crippen LogP contribution is -2.20. The normalized spacial score (nSPS) is 16.1. The fourth-order valence-corrected chi connectivity index (χ4v) is 3.68. The molecule has 1 unspecified atom stereocenters. The number of nitriles is 1. The zero-order valence-electron chi connectivity index (χ0n) is 16.9. The number of likely N-dealkylation sites (tertiary alicyclic amines) is 1. The molecule has 3 aromatic rings. The molecule has 0 bridgehead atoms. The Hall–Kier alpha value is -3.76. The standard InChI is InChI=1S/C24H22FN5O/c25-20-9-10-30(15-20)14-16-11-19(12-26)23(28-13-16)17-5-7-18(8-6-17)24(31)29-22-4-2-1-3-21(22)27/h1-8,11,13,20H,9-10,14-15,27H2,(H,29,31). The molecule has 3 N–H and O–H groups in total. The number of nitrogen functional groups attached to an aromatic ring is 1. The smallest absolute Gasteiger partial charge is 0.255 e. The van der Waals surface area contributed by atoms with Crippen LogP contribution < -0.4 is 11.1 Å². The highest BCUT2D eigenvalue weighted by atomic mass is 19.1. The number of nitrogens with two attached hydrogens (primary N) is 1. The summed E-state index contributed by atoms with van der Waals surface area (Å²) in [6.45, 7) is 1.70. The zero-order chi connectivity index (χ0) is 21.8. The number of hydrogen-bond acceptors (Lipinski definition) is 5. The molecule has 7 heteroatoms. The predicted octanol–water partition coefficient (Wildman–Crippen LogP) is 4.00. The van der Waals surface area contributed by atoms with Crippen LogP contribution in [0.5, 0.6) is 0 Å². The number of pyridine rings is 1. The van der Waals surface area contributed by atoms with Gasteiger partial charge in [-0.25, -0.2) is 4.39 Å². The summed E-state index contributed by atoms with van der Waals surface area (Å²) in [6.07, 6.45) is 1.49. The number of rotatable bonds is 5. The Labute approximate surface area is 180 Å². The number of hydrogen-bond donors (Lipinski definition) is 2. The van der Waals surface area contributed by atoms with E-state index in [2.05, 4.69) is 16.4 Å². The molecule has 31 heavy (non-hydrogen) atoms. The van der Waals surface area contributed by atoms with E-state index in [-0.39, 0.29) is 5.91 Å². The third kappa shape index (κ3) is 4.71. The summed E-state index contributed by atoms with van der Waals surface area (Å²) in [5, 5.41) is 12.4. The van der Waals surface area contributed by atoms with E-state index in [4.69, 9.17) is 5.73 Å². The van der Waals surface area contributed by atoms with Crippen LogP contribution >= 0.6 is 0 Å². The average Bonchev–Trinajstić information content (AvgIpc) is 3.19. The van der Waals surface area contributed by atoms with Crippen LogP contribution in [-0.4, -0.2) is 35.1 Å². The summed E-state index contributed by atoms with van der Waals surface area (Å²) in [6, 6.07) is 18.0. The monoisotopic (exact) mass is 415 g/mol. The van der Waals surface area contributed by atoms with Crippen LogP contribution in [0, 0.1) is 11.3 Å². The van der Waals surface area contributed by atoms with Crippen molar-refractivity contribution in [2.24, 2.45) is 0 Å². The zero-order valence-corrected chi connectivity index (χ0v) is 16.9. The fourth-order valence-electron chi connectivity index (χ4n) is 3.68. The summed E-state index contributed by atoms with van der Waals surface area (Å²) >= 11 is 0. The number of carbonyl (C=O) groups is 1. The van der Waals surface area contributed by atoms with Gasteiger partial charge in [0.25, 0.3) is 5.91 Å². The second-order valence-corrected chi connectivity index (χ2v) is 7.59. The number of aromatic nitrogens is 1. The molecule has 1 aromatic heterocycles. The van der Waals surface area contributed by atoms with Crippen LogP contribution in [0.1, 0.15) is 27.9 Å². The number of halogens is 1. The minimum absolute atomic E-state index is 0.273. The molecular weight excluding hydrogens is 393 g/mol. The lowest BCUT2D eigenvalue weighted by atomic mass is 10.0. The third-order valence-corrected chi connectivity index (χ3v) is 5.32. The highest BCUT2D eigenvalue weighted by Gasteiger charge is 2.22. The molecule has 6 nitrogen and oxygen atoms in total. The fraction of sp³-hybridized carbons (Fsp3) is 0.208. The second-order valence-electron chi connectivity index (χ2n) is 7.59. The highest BCUT2D eigenvalue weighted by Crippen LogP contribution is 2.24. The molecule has 2 heterocycles. The maximum Gasteiger partial charge on any atom is 0.255 e. The van der Waals surface area contributed by atoms with Crippen molar-refractivity contribution in [3.8, 4) is 17.3 Å². The van der Waals surface area contributed by atoms with E-state index in [0.717, 1.165) is 11.1 Å². The van der Waals surface area contributed by atoms with E-state index in [1.54, 1.807) is 60.8 Å². The van der Waals surface area contributed by atoms with Gasteiger partial charge in [-0.3, -0.25) is 14.7 Å². The molecular formula is C24H22FN5O. The molecule has 1 saturated heterocycles. The van der Waals surface area contributed by atoms with Gasteiger partial charge in [0, 0.05) is 37.0 Å². The number of para-hydroxylation sites is 2. The van der Waals surface area contributed by atoms with E-state index in [1.807, 2.05) is 4.90 Å². The molecule has 0 radical (unpaired) electrons. The topological polar surface area (TPSA) is 95.0 Å². The lowest BCUT2D eigenvalue weighted by molar-refractivity contribution is 0.102. The number of amides is 1. The van der Waals surface area contributed by atoms with Crippen LogP contribution in [0.25, 0.3) is 11.3 Å². The van der Waals surface area contributed by atoms with Gasteiger partial charge < -0.3 is 11.1 Å². The number of nitrogens with zero attached hydrogens (tertiary/aromatic N) is 3. The summed E-state index contributed by atoms with van der Waals surface area (Å²) in [4.78, 5) is 19.0. The Morgan fingerprint density at radius 1 is 1.26 bits per heavy atom. The molecule has 1 fully saturated rings. The Bertz CT molecular complexity index is 1140. The number of benzene rings is 2. The van der Waals surface area contributed by atoms with Gasteiger partial charge in [-0.2, -0.15) is 5.26 Å². The highest BCUT2D eigenvalue weighted by molar-refractivity contribution is 6.05. The molecule has 4 rings (SSSR count). The van der Waals surface area contributed by atoms with E-state index in [0.29, 0.717) is 54.3 Å². The minimum Gasteiger partial charge on any atom is -0.397 e. The van der Waals surface area contributed by atoms with Gasteiger partial charge in [0.1, 0.15) is 12.2 Å². The molecule has 0 spiro atoms. The van der Waals surface area contributed by atoms with Gasteiger partial charge in [-0.15, -0.1) is 0 Å². The molecule has 1 aliphatic rings. The molecule has 1 amide bonds. The van der Waals surface area contributed by atoms with Gasteiger partial charge in [-0.1, -0.05) is 24.3 Å². The quantitative estimate of drug-likeness (QED) is 0.614. The molecule has 0 aliphatic carbocycles. The van der Waals surface area contributed by atoms with E-state index >= 15 is 0 Å². The van der Waals surface area contributed by atoms with Crippen molar-refractivity contribution in [2.75, 3.05) is 24.1 Å². The predicted molar refractivity (Wildman–Crippen MR) is 118 cm³/mol. The first-order valence-corrected chi connectivity index (χ1v) is 10.0. The van der Waals surface area contributed by atoms with Gasteiger partial charge in [0.05, 0.1) is 22.6 Å². The van der Waals surface area contributed by atoms with Crippen molar-refractivity contribution < 1.29 is 9.18 Å². The van der Waals surface area contributed by atoms with Crippen LogP contribution in [0.3, 0.4) is 0 Å². The summed E-state index contributed by atoms with van der Waals surface area (Å²) < 4.78 is 13.4. The van der Waals surface area contributed by atoms with Gasteiger partial charge in [0.2, 0.25) is 0 Å². The van der Waals surface area contributed by atoms with Crippen LogP contribution in [0.2, 0.25) is 0 Å². The largest absolute Gasteiger partial charge is 0.397 e. The minimum atomic E-state index is -0.781. The summed E-state index contributed by atoms with van der Waals surface area (Å²) in [5.41, 5.74) is 10.0. The molecule has 1 aliphatic heterocycles. The summed E-state index contributed by atoms with van der Waals surface area (Å²) in [7, 11) is 0. The number of carbonyl (C=O) groups excluding carboxylic acids is 1. The van der Waals surface area contributed by atoms with Gasteiger partial charge >= 0.3 is 0 Å². The molecule has 2 aromatic carbocycles. The van der Waals surface area contributed by atoms with Crippen LogP contribution in [0.15, 0.2) is 60.8 Å². The first-order chi connectivity index (χ1) is 15.0. The first kappa shape index (κ1) is 20.5. The van der Waals surface area contributed by atoms with Crippen molar-refractivity contribution >= 4 is 17.3 Å². The molecule has 1 atom stereocenters. The van der Waals surface area contributed by atoms with Crippen molar-refractivity contribution in [1.82, 2.24) is 9.88 Å². The Morgan fingerprint density at radius 3 is 2.71 bits per heavy atom. The maximum absolute atomic E-state index is 13.4. The van der Waals surface area contributed by atoms with Crippen LogP contribution in [0.4, 0.5) is 15.8 Å². The number of alkyl halides is 1. The first-order valence-electron chi connectivity index (χ1n) is 10.0. The van der Waals surface area contributed by atoms with E-state index in [1.165, 1.54) is 0 Å².